The van der Waals surface area contributed by atoms with Crippen LogP contribution in [0, 0.1) is 6.92 Å². The molecule has 0 N–H and O–H groups in total. The number of aryl methyl sites for hydroxylation is 1. The fourth-order valence-corrected chi connectivity index (χ4v) is 6.51. The van der Waals surface area contributed by atoms with Crippen molar-refractivity contribution in [1.29, 1.82) is 0 Å². The van der Waals surface area contributed by atoms with Crippen molar-refractivity contribution in [3.8, 4) is 11.6 Å². The Morgan fingerprint density at radius 3 is 1.65 bits per heavy atom. The van der Waals surface area contributed by atoms with E-state index >= 15 is 0 Å². The topological polar surface area (TPSA) is 64.7 Å². The van der Waals surface area contributed by atoms with E-state index < -0.39 is 5.41 Å². The van der Waals surface area contributed by atoms with Gasteiger partial charge in [0.05, 0.1) is 33.5 Å². The molecule has 0 spiro atoms. The second kappa shape index (κ2) is 8.99. The van der Waals surface area contributed by atoms with Crippen LogP contribution in [0.15, 0.2) is 73.3 Å². The van der Waals surface area contributed by atoms with Crippen LogP contribution < -0.4 is 4.90 Å². The van der Waals surface area contributed by atoms with Gasteiger partial charge in [0.15, 0.2) is 0 Å². The summed E-state index contributed by atoms with van der Waals surface area (Å²) in [4.78, 5) is 22.8. The van der Waals surface area contributed by atoms with Gasteiger partial charge < -0.3 is 4.90 Å². The van der Waals surface area contributed by atoms with Crippen molar-refractivity contribution in [2.24, 2.45) is 0 Å². The Morgan fingerprint density at radius 1 is 0.651 bits per heavy atom. The van der Waals surface area contributed by atoms with Gasteiger partial charge in [0.1, 0.15) is 11.6 Å². The number of hydrogen-bond donors (Lipinski definition) is 0. The van der Waals surface area contributed by atoms with Crippen molar-refractivity contribution < 1.29 is 0 Å². The lowest BCUT2D eigenvalue weighted by Crippen LogP contribution is -2.40. The number of nitrogens with zero attached hydrogens (tertiary/aromatic N) is 7. The number of hydrogen-bond acceptors (Lipinski definition) is 5. The number of anilines is 1. The predicted molar refractivity (Wildman–Crippen MR) is 175 cm³/mol. The highest BCUT2D eigenvalue weighted by Crippen LogP contribution is 2.49. The highest BCUT2D eigenvalue weighted by atomic mass is 15.1. The van der Waals surface area contributed by atoms with Crippen molar-refractivity contribution >= 4 is 27.8 Å². The molecule has 0 aromatic carbocycles. The van der Waals surface area contributed by atoms with Gasteiger partial charge >= 0.3 is 0 Å². The first kappa shape index (κ1) is 27.3. The van der Waals surface area contributed by atoms with Gasteiger partial charge in [-0.25, -0.2) is 9.97 Å². The Hall–Kier alpha value is -4.52. The maximum atomic E-state index is 5.36. The third-order valence-corrected chi connectivity index (χ3v) is 10.1. The van der Waals surface area contributed by atoms with Gasteiger partial charge in [-0.15, -0.1) is 0 Å². The van der Waals surface area contributed by atoms with Crippen molar-refractivity contribution in [3.63, 3.8) is 0 Å². The van der Waals surface area contributed by atoms with Crippen LogP contribution in [0.4, 0.5) is 5.69 Å². The SMILES string of the molecule is Cc1cc2nc(c1)C(C)(C)c1cc(N(C)C)cc(n1)-n1cc(c3ncccc31)C(C)(C)C(C)(C)c1cn-2c2cccnc12. The molecule has 0 saturated heterocycles. The summed E-state index contributed by atoms with van der Waals surface area (Å²) >= 11 is 0. The summed E-state index contributed by atoms with van der Waals surface area (Å²) in [6.45, 7) is 15.9. The molecule has 0 fully saturated rings. The molecular weight excluding hydrogens is 530 g/mol. The Balaban J connectivity index is 1.67. The molecule has 0 radical (unpaired) electrons. The molecule has 6 aromatic heterocycles. The minimum atomic E-state index is -0.478. The predicted octanol–water partition coefficient (Wildman–Crippen LogP) is 7.42. The molecule has 7 heteroatoms. The van der Waals surface area contributed by atoms with Crippen LogP contribution in [-0.2, 0) is 16.2 Å². The van der Waals surface area contributed by atoms with Crippen LogP contribution in [0.5, 0.6) is 0 Å². The maximum Gasteiger partial charge on any atom is 0.139 e. The number of rotatable bonds is 1. The van der Waals surface area contributed by atoms with E-state index in [0.29, 0.717) is 0 Å². The van der Waals surface area contributed by atoms with Crippen molar-refractivity contribution in [1.82, 2.24) is 29.1 Å². The van der Waals surface area contributed by atoms with Gasteiger partial charge in [0.2, 0.25) is 0 Å². The lowest BCUT2D eigenvalue weighted by Gasteiger charge is -2.41. The summed E-state index contributed by atoms with van der Waals surface area (Å²) in [6.07, 6.45) is 8.30. The van der Waals surface area contributed by atoms with Crippen LogP contribution in [0.2, 0.25) is 0 Å². The molecule has 218 valence electrons. The van der Waals surface area contributed by atoms with E-state index in [2.05, 4.69) is 125 Å². The van der Waals surface area contributed by atoms with E-state index in [0.717, 1.165) is 56.3 Å². The summed E-state index contributed by atoms with van der Waals surface area (Å²) in [6, 6.07) is 17.0. The summed E-state index contributed by atoms with van der Waals surface area (Å²) in [5.41, 5.74) is 9.44. The Morgan fingerprint density at radius 2 is 1.14 bits per heavy atom. The number of pyridine rings is 4. The largest absolute Gasteiger partial charge is 0.377 e. The molecule has 8 bridgehead atoms. The zero-order chi connectivity index (χ0) is 30.5. The fourth-order valence-electron chi connectivity index (χ4n) is 6.51. The van der Waals surface area contributed by atoms with E-state index in [1.807, 2.05) is 24.5 Å². The first-order valence-corrected chi connectivity index (χ1v) is 14.9. The molecule has 0 aliphatic carbocycles. The highest BCUT2D eigenvalue weighted by molar-refractivity contribution is 5.85. The van der Waals surface area contributed by atoms with E-state index in [9.17, 15) is 0 Å². The van der Waals surface area contributed by atoms with Crippen LogP contribution in [-0.4, -0.2) is 43.2 Å². The monoisotopic (exact) mass is 569 g/mol. The first-order chi connectivity index (χ1) is 20.3. The van der Waals surface area contributed by atoms with Gasteiger partial charge in [-0.05, 0) is 68.8 Å². The van der Waals surface area contributed by atoms with Crippen LogP contribution >= 0.6 is 0 Å². The minimum Gasteiger partial charge on any atom is -0.377 e. The molecule has 0 unspecified atom stereocenters. The van der Waals surface area contributed by atoms with Gasteiger partial charge in [0, 0.05) is 78.0 Å². The van der Waals surface area contributed by atoms with E-state index in [1.54, 1.807) is 0 Å². The average Bonchev–Trinajstić information content (AvgIpc) is 3.56. The van der Waals surface area contributed by atoms with Gasteiger partial charge in [0.25, 0.3) is 0 Å². The summed E-state index contributed by atoms with van der Waals surface area (Å²) in [5, 5.41) is 0. The van der Waals surface area contributed by atoms with Crippen molar-refractivity contribution in [2.75, 3.05) is 19.0 Å². The van der Waals surface area contributed by atoms with E-state index in [4.69, 9.17) is 19.9 Å². The van der Waals surface area contributed by atoms with E-state index in [1.165, 1.54) is 11.1 Å². The standard InChI is InChI=1S/C36H39N7/c1-22-16-28-34(2,3)29-18-23(41(8)9)19-31(40-29)43-21-25(33-27(43)13-11-15-38-33)36(6,7)35(4,5)24-20-42(30(17-22)39-28)26-12-10-14-37-32(24)26/h10-21H,1-9H3. The molecule has 0 saturated carbocycles. The average molecular weight is 570 g/mol. The van der Waals surface area contributed by atoms with Gasteiger partial charge in [-0.3, -0.25) is 19.1 Å². The Bertz CT molecular complexity index is 2060. The smallest absolute Gasteiger partial charge is 0.139 e. The number of aromatic nitrogens is 6. The fraction of sp³-hybridized carbons (Fsp3) is 0.333. The lowest BCUT2D eigenvalue weighted by molar-refractivity contribution is 0.306. The zero-order valence-corrected chi connectivity index (χ0v) is 26.6. The molecule has 6 aromatic rings. The van der Waals surface area contributed by atoms with Crippen molar-refractivity contribution in [3.05, 3.63) is 101 Å². The molecule has 7 nitrogen and oxygen atoms in total. The zero-order valence-electron chi connectivity index (χ0n) is 26.6. The first-order valence-electron chi connectivity index (χ1n) is 14.9. The second-order valence-corrected chi connectivity index (χ2v) is 13.8. The minimum absolute atomic E-state index is 0.336. The molecule has 7 rings (SSSR count). The third-order valence-electron chi connectivity index (χ3n) is 10.1. The quantitative estimate of drug-likeness (QED) is 0.206. The molecular formula is C36H39N7. The molecule has 1 aliphatic rings. The summed E-state index contributed by atoms with van der Waals surface area (Å²) in [5.74, 6) is 1.75. The Kier molecular flexibility index (Phi) is 5.71. The molecule has 0 atom stereocenters. The summed E-state index contributed by atoms with van der Waals surface area (Å²) in [7, 11) is 4.16. The molecule has 7 heterocycles. The van der Waals surface area contributed by atoms with Crippen LogP contribution in [0.3, 0.4) is 0 Å². The van der Waals surface area contributed by atoms with Gasteiger partial charge in [-0.1, -0.05) is 27.7 Å². The molecule has 43 heavy (non-hydrogen) atoms. The lowest BCUT2D eigenvalue weighted by atomic mass is 9.61. The third kappa shape index (κ3) is 3.87. The van der Waals surface area contributed by atoms with E-state index in [-0.39, 0.29) is 10.8 Å². The second-order valence-electron chi connectivity index (χ2n) is 13.8. The normalized spacial score (nSPS) is 16.6. The molecule has 0 amide bonds. The molecule has 1 aliphatic heterocycles. The number of fused-ring (bicyclic) bond motifs is 16. The van der Waals surface area contributed by atoms with Crippen LogP contribution in [0.25, 0.3) is 33.7 Å². The highest BCUT2D eigenvalue weighted by Gasteiger charge is 2.44. The van der Waals surface area contributed by atoms with Crippen LogP contribution in [0.1, 0.15) is 69.6 Å². The Labute approximate surface area is 253 Å². The maximum absolute atomic E-state index is 5.36. The summed E-state index contributed by atoms with van der Waals surface area (Å²) < 4.78 is 4.44. The van der Waals surface area contributed by atoms with Gasteiger partial charge in [-0.2, -0.15) is 0 Å². The van der Waals surface area contributed by atoms with Crippen molar-refractivity contribution in [2.45, 2.75) is 64.7 Å².